The fourth-order valence-electron chi connectivity index (χ4n) is 4.30. The third-order valence-corrected chi connectivity index (χ3v) is 5.63. The molecule has 0 saturated carbocycles. The van der Waals surface area contributed by atoms with Crippen LogP contribution in [0.3, 0.4) is 0 Å². The van der Waals surface area contributed by atoms with Crippen LogP contribution in [0.1, 0.15) is 41.5 Å². The van der Waals surface area contributed by atoms with Gasteiger partial charge in [-0.25, -0.2) is 0 Å². The van der Waals surface area contributed by atoms with Gasteiger partial charge in [-0.2, -0.15) is 0 Å². The first-order valence-corrected chi connectivity index (χ1v) is 12.4. The summed E-state index contributed by atoms with van der Waals surface area (Å²) in [6, 6.07) is 0. The fourth-order valence-corrected chi connectivity index (χ4v) is 4.30. The standard InChI is InChI=1S/C24H34O17/c1-9(26)33-8-16-18(19(35-11(3)28)21(23(32)39-16)37-13(5)30)41-24-22(38-14(6)31)20(36-12(4)29)17(34-10(2)27)15(7-25)40-24/h15-25,32H,7-8H2,1-6H3/t15-,16-,17-,18-,19+,20+,21-,22-,23-,24-/m1/s1. The van der Waals surface area contributed by atoms with E-state index in [0.29, 0.717) is 0 Å². The predicted molar refractivity (Wildman–Crippen MR) is 126 cm³/mol. The van der Waals surface area contributed by atoms with Gasteiger partial charge in [-0.15, -0.1) is 0 Å². The summed E-state index contributed by atoms with van der Waals surface area (Å²) >= 11 is 0. The summed E-state index contributed by atoms with van der Waals surface area (Å²) in [5, 5.41) is 20.5. The Hall–Kier alpha value is -3.38. The zero-order chi connectivity index (χ0) is 31.0. The second kappa shape index (κ2) is 15.0. The number of rotatable bonds is 10. The Kier molecular flexibility index (Phi) is 12.4. The molecule has 17 heteroatoms. The molecule has 0 radical (unpaired) electrons. The van der Waals surface area contributed by atoms with Crippen molar-refractivity contribution in [3.05, 3.63) is 0 Å². The van der Waals surface area contributed by atoms with Gasteiger partial charge in [0.15, 0.2) is 43.1 Å². The molecule has 17 nitrogen and oxygen atoms in total. The van der Waals surface area contributed by atoms with Crippen LogP contribution in [-0.4, -0.2) is 121 Å². The van der Waals surface area contributed by atoms with Gasteiger partial charge in [-0.1, -0.05) is 0 Å². The quantitative estimate of drug-likeness (QED) is 0.206. The molecular formula is C24H34O17. The minimum Gasteiger partial charge on any atom is -0.463 e. The number of esters is 6. The van der Waals surface area contributed by atoms with E-state index in [4.69, 9.17) is 42.6 Å². The van der Waals surface area contributed by atoms with Gasteiger partial charge in [0.05, 0.1) is 6.61 Å². The summed E-state index contributed by atoms with van der Waals surface area (Å²) in [5.41, 5.74) is 0. The van der Waals surface area contributed by atoms with E-state index in [0.717, 1.165) is 41.5 Å². The lowest BCUT2D eigenvalue weighted by atomic mass is 9.96. The first kappa shape index (κ1) is 33.8. The average molecular weight is 595 g/mol. The van der Waals surface area contributed by atoms with Crippen molar-refractivity contribution < 1.29 is 81.6 Å². The number of ether oxygens (including phenoxy) is 9. The van der Waals surface area contributed by atoms with Crippen LogP contribution in [0.25, 0.3) is 0 Å². The van der Waals surface area contributed by atoms with E-state index < -0.39 is 110 Å². The van der Waals surface area contributed by atoms with Crippen LogP contribution >= 0.6 is 0 Å². The van der Waals surface area contributed by atoms with Gasteiger partial charge in [0.1, 0.15) is 24.9 Å². The molecule has 0 aromatic rings. The highest BCUT2D eigenvalue weighted by Gasteiger charge is 2.56. The number of aliphatic hydroxyl groups is 2. The molecule has 2 heterocycles. The average Bonchev–Trinajstić information content (AvgIpc) is 2.83. The zero-order valence-electron chi connectivity index (χ0n) is 23.2. The predicted octanol–water partition coefficient (Wildman–Crippen LogP) is -1.97. The summed E-state index contributed by atoms with van der Waals surface area (Å²) in [7, 11) is 0. The van der Waals surface area contributed by atoms with Gasteiger partial charge in [-0.05, 0) is 0 Å². The Morgan fingerprint density at radius 2 is 1.00 bits per heavy atom. The number of carbonyl (C=O) groups excluding carboxylic acids is 6. The van der Waals surface area contributed by atoms with E-state index in [9.17, 15) is 39.0 Å². The third kappa shape index (κ3) is 9.60. The maximum atomic E-state index is 12.1. The second-order valence-corrected chi connectivity index (χ2v) is 9.06. The molecule has 0 spiro atoms. The van der Waals surface area contributed by atoms with Crippen molar-refractivity contribution in [3.63, 3.8) is 0 Å². The van der Waals surface area contributed by atoms with Gasteiger partial charge >= 0.3 is 35.8 Å². The second-order valence-electron chi connectivity index (χ2n) is 9.06. The topological polar surface area (TPSA) is 226 Å². The highest BCUT2D eigenvalue weighted by Crippen LogP contribution is 2.34. The molecule has 2 saturated heterocycles. The van der Waals surface area contributed by atoms with Crippen LogP contribution in [0, 0.1) is 0 Å². The summed E-state index contributed by atoms with van der Waals surface area (Å²) in [6.07, 6.45) is -16.0. The molecule has 0 aliphatic carbocycles. The smallest absolute Gasteiger partial charge is 0.303 e. The van der Waals surface area contributed by atoms with Crippen LogP contribution in [-0.2, 0) is 71.4 Å². The van der Waals surface area contributed by atoms with E-state index in [1.807, 2.05) is 0 Å². The van der Waals surface area contributed by atoms with Gasteiger partial charge in [-0.3, -0.25) is 28.8 Å². The molecule has 2 rings (SSSR count). The Morgan fingerprint density at radius 1 is 0.561 bits per heavy atom. The molecule has 2 fully saturated rings. The Morgan fingerprint density at radius 3 is 1.46 bits per heavy atom. The summed E-state index contributed by atoms with van der Waals surface area (Å²) in [4.78, 5) is 71.1. The van der Waals surface area contributed by atoms with Crippen molar-refractivity contribution in [3.8, 4) is 0 Å². The summed E-state index contributed by atoms with van der Waals surface area (Å²) < 4.78 is 48.5. The SMILES string of the molecule is CC(=O)OC[C@H]1O[C@@H](O)[C@H](OC(C)=O)[C@@H](OC(C)=O)[C@@H]1O[C@H]1O[C@H](CO)[C@@H](OC(C)=O)[C@H](OC(C)=O)[C@H]1OC(C)=O. The number of carbonyl (C=O) groups is 6. The maximum absolute atomic E-state index is 12.1. The molecule has 2 N–H and O–H groups in total. The summed E-state index contributed by atoms with van der Waals surface area (Å²) in [5.74, 6) is -5.17. The Labute approximate surface area is 234 Å². The molecule has 2 aliphatic heterocycles. The lowest BCUT2D eigenvalue weighted by molar-refractivity contribution is -0.357. The normalized spacial score (nSPS) is 33.1. The maximum Gasteiger partial charge on any atom is 0.303 e. The van der Waals surface area contributed by atoms with E-state index in [2.05, 4.69) is 0 Å². The fraction of sp³-hybridized carbons (Fsp3) is 0.750. The molecule has 0 amide bonds. The zero-order valence-corrected chi connectivity index (χ0v) is 23.2. The first-order chi connectivity index (χ1) is 19.1. The van der Waals surface area contributed by atoms with E-state index in [-0.39, 0.29) is 0 Å². The monoisotopic (exact) mass is 594 g/mol. The third-order valence-electron chi connectivity index (χ3n) is 5.63. The van der Waals surface area contributed by atoms with Crippen molar-refractivity contribution >= 4 is 35.8 Å². The van der Waals surface area contributed by atoms with Crippen LogP contribution in [0.5, 0.6) is 0 Å². The Balaban J connectivity index is 2.60. The Bertz CT molecular complexity index is 981. The van der Waals surface area contributed by atoms with Crippen molar-refractivity contribution in [1.29, 1.82) is 0 Å². The molecule has 2 aliphatic rings. The van der Waals surface area contributed by atoms with Crippen LogP contribution in [0.2, 0.25) is 0 Å². The summed E-state index contributed by atoms with van der Waals surface area (Å²) in [6.45, 7) is 4.85. The van der Waals surface area contributed by atoms with Crippen molar-refractivity contribution in [2.45, 2.75) is 103 Å². The van der Waals surface area contributed by atoms with Crippen LogP contribution in [0.4, 0.5) is 0 Å². The highest BCUT2D eigenvalue weighted by atomic mass is 16.8. The van der Waals surface area contributed by atoms with Gasteiger partial charge in [0.2, 0.25) is 0 Å². The largest absolute Gasteiger partial charge is 0.463 e. The molecule has 0 unspecified atom stereocenters. The molecular weight excluding hydrogens is 560 g/mol. The molecule has 0 bridgehead atoms. The van der Waals surface area contributed by atoms with Crippen molar-refractivity contribution in [1.82, 2.24) is 0 Å². The molecule has 41 heavy (non-hydrogen) atoms. The number of hydrogen-bond acceptors (Lipinski definition) is 17. The minimum absolute atomic E-state index is 0.570. The lowest BCUT2D eigenvalue weighted by Gasteiger charge is -2.48. The van der Waals surface area contributed by atoms with Gasteiger partial charge in [0.25, 0.3) is 0 Å². The van der Waals surface area contributed by atoms with E-state index in [1.54, 1.807) is 0 Å². The number of hydrogen-bond donors (Lipinski definition) is 2. The lowest BCUT2D eigenvalue weighted by Crippen LogP contribution is -2.67. The highest BCUT2D eigenvalue weighted by molar-refractivity contribution is 5.69. The van der Waals surface area contributed by atoms with Crippen LogP contribution < -0.4 is 0 Å². The van der Waals surface area contributed by atoms with Crippen LogP contribution in [0.15, 0.2) is 0 Å². The van der Waals surface area contributed by atoms with Crippen molar-refractivity contribution in [2.75, 3.05) is 13.2 Å². The number of aliphatic hydroxyl groups excluding tert-OH is 2. The van der Waals surface area contributed by atoms with Gasteiger partial charge < -0.3 is 52.8 Å². The van der Waals surface area contributed by atoms with E-state index >= 15 is 0 Å². The molecule has 0 aromatic heterocycles. The minimum atomic E-state index is -1.88. The first-order valence-electron chi connectivity index (χ1n) is 12.4. The van der Waals surface area contributed by atoms with Crippen molar-refractivity contribution in [2.24, 2.45) is 0 Å². The van der Waals surface area contributed by atoms with Gasteiger partial charge in [0, 0.05) is 41.5 Å². The molecule has 232 valence electrons. The molecule has 0 aromatic carbocycles. The molecule has 10 atom stereocenters. The van der Waals surface area contributed by atoms with E-state index in [1.165, 1.54) is 0 Å².